The predicted octanol–water partition coefficient (Wildman–Crippen LogP) is 8.87. The molecule has 0 aliphatic carbocycles. The van der Waals surface area contributed by atoms with Gasteiger partial charge in [0.2, 0.25) is 0 Å². The van der Waals surface area contributed by atoms with Crippen LogP contribution in [0.25, 0.3) is 11.1 Å². The molecule has 170 valence electrons. The second-order valence-electron chi connectivity index (χ2n) is 9.38. The molecule has 0 aromatic heterocycles. The summed E-state index contributed by atoms with van der Waals surface area (Å²) in [6, 6.07) is 25.8. The van der Waals surface area contributed by atoms with E-state index in [1.165, 1.54) is 16.7 Å². The Kier molecular flexibility index (Phi) is 7.95. The summed E-state index contributed by atoms with van der Waals surface area (Å²) in [4.78, 5) is 2.15. The van der Waals surface area contributed by atoms with Gasteiger partial charge in [0, 0.05) is 24.5 Å². The summed E-state index contributed by atoms with van der Waals surface area (Å²) in [6.45, 7) is 12.9. The summed E-state index contributed by atoms with van der Waals surface area (Å²) in [6.07, 6.45) is 9.15. The molecule has 33 heavy (non-hydrogen) atoms. The zero-order valence-corrected chi connectivity index (χ0v) is 20.6. The third-order valence-electron chi connectivity index (χ3n) is 5.64. The summed E-state index contributed by atoms with van der Waals surface area (Å²) < 4.78 is 0. The lowest BCUT2D eigenvalue weighted by Gasteiger charge is -2.24. The van der Waals surface area contributed by atoms with Crippen LogP contribution in [0.4, 0.5) is 17.1 Å². The second-order valence-corrected chi connectivity index (χ2v) is 9.38. The molecular formula is C31H36N2. The molecule has 0 aliphatic rings. The molecule has 0 amide bonds. The van der Waals surface area contributed by atoms with Crippen molar-refractivity contribution in [3.8, 4) is 11.1 Å². The number of allylic oxidation sites excluding steroid dienone is 4. The number of nitrogens with one attached hydrogen (secondary N) is 1. The number of hydrogen-bond acceptors (Lipinski definition) is 2. The molecule has 0 radical (unpaired) electrons. The van der Waals surface area contributed by atoms with Crippen LogP contribution < -0.4 is 10.2 Å². The number of anilines is 3. The molecular weight excluding hydrogens is 400 g/mol. The van der Waals surface area contributed by atoms with Crippen LogP contribution in [-0.4, -0.2) is 7.05 Å². The van der Waals surface area contributed by atoms with Crippen molar-refractivity contribution >= 4 is 17.1 Å². The highest BCUT2D eigenvalue weighted by atomic mass is 15.1. The van der Waals surface area contributed by atoms with Gasteiger partial charge in [0.05, 0.1) is 11.4 Å². The Morgan fingerprint density at radius 1 is 0.939 bits per heavy atom. The average molecular weight is 437 g/mol. The van der Waals surface area contributed by atoms with E-state index < -0.39 is 0 Å². The van der Waals surface area contributed by atoms with E-state index in [2.05, 4.69) is 130 Å². The van der Waals surface area contributed by atoms with Crippen molar-refractivity contribution < 1.29 is 0 Å². The van der Waals surface area contributed by atoms with Crippen LogP contribution in [0.5, 0.6) is 0 Å². The molecule has 0 saturated carbocycles. The van der Waals surface area contributed by atoms with Crippen LogP contribution in [0.1, 0.15) is 39.7 Å². The topological polar surface area (TPSA) is 15.3 Å². The normalized spacial score (nSPS) is 11.8. The fourth-order valence-corrected chi connectivity index (χ4v) is 3.75. The maximum atomic E-state index is 4.08. The van der Waals surface area contributed by atoms with Gasteiger partial charge in [-0.2, -0.15) is 0 Å². The van der Waals surface area contributed by atoms with Gasteiger partial charge in [0.15, 0.2) is 0 Å². The van der Waals surface area contributed by atoms with E-state index in [1.54, 1.807) is 0 Å². The van der Waals surface area contributed by atoms with E-state index in [4.69, 9.17) is 0 Å². The molecule has 2 nitrogen and oxygen atoms in total. The Labute approximate surface area is 200 Å². The van der Waals surface area contributed by atoms with E-state index in [0.717, 1.165) is 29.1 Å². The first-order valence-electron chi connectivity index (χ1n) is 11.6. The maximum Gasteiger partial charge on any atom is 0.0642 e. The van der Waals surface area contributed by atoms with Crippen molar-refractivity contribution in [2.24, 2.45) is 0 Å². The smallest absolute Gasteiger partial charge is 0.0642 e. The minimum absolute atomic E-state index is 0.0853. The lowest BCUT2D eigenvalue weighted by atomic mass is 9.85. The molecule has 1 N–H and O–H groups in total. The Hall–Kier alpha value is -3.52. The van der Waals surface area contributed by atoms with Crippen molar-refractivity contribution in [3.05, 3.63) is 115 Å². The minimum atomic E-state index is 0.0853. The van der Waals surface area contributed by atoms with Crippen LogP contribution in [0.2, 0.25) is 0 Å². The Balaban J connectivity index is 1.94. The van der Waals surface area contributed by atoms with Gasteiger partial charge in [-0.1, -0.05) is 99.7 Å². The summed E-state index contributed by atoms with van der Waals surface area (Å²) in [7, 11) is 2.08. The molecule has 3 aromatic rings. The van der Waals surface area contributed by atoms with Gasteiger partial charge < -0.3 is 10.2 Å². The second kappa shape index (κ2) is 10.9. The third-order valence-corrected chi connectivity index (χ3v) is 5.64. The number of benzene rings is 3. The van der Waals surface area contributed by atoms with Gasteiger partial charge >= 0.3 is 0 Å². The van der Waals surface area contributed by atoms with Crippen LogP contribution >= 0.6 is 0 Å². The summed E-state index contributed by atoms with van der Waals surface area (Å²) >= 11 is 0. The van der Waals surface area contributed by atoms with Crippen LogP contribution in [0, 0.1) is 0 Å². The molecule has 0 aliphatic heterocycles. The molecule has 0 spiro atoms. The van der Waals surface area contributed by atoms with E-state index in [-0.39, 0.29) is 5.41 Å². The fraction of sp³-hybridized carbons (Fsp3) is 0.226. The van der Waals surface area contributed by atoms with Crippen LogP contribution in [0.15, 0.2) is 109 Å². The largest absolute Gasteiger partial charge is 0.353 e. The molecule has 0 unspecified atom stereocenters. The lowest BCUT2D eigenvalue weighted by Crippen LogP contribution is -2.12. The first-order valence-corrected chi connectivity index (χ1v) is 11.6. The highest BCUT2D eigenvalue weighted by molar-refractivity contribution is 5.85. The molecule has 0 atom stereocenters. The highest BCUT2D eigenvalue weighted by Gasteiger charge is 2.17. The number of nitrogens with zero attached hydrogens (tertiary/aromatic N) is 1. The zero-order chi connectivity index (χ0) is 23.8. The number of para-hydroxylation sites is 2. The monoisotopic (exact) mass is 436 g/mol. The Bertz CT molecular complexity index is 1130. The average Bonchev–Trinajstić information content (AvgIpc) is 2.79. The van der Waals surface area contributed by atoms with Crippen molar-refractivity contribution in [3.63, 3.8) is 0 Å². The van der Waals surface area contributed by atoms with Crippen LogP contribution in [0.3, 0.4) is 0 Å². The first-order chi connectivity index (χ1) is 15.8. The lowest BCUT2D eigenvalue weighted by molar-refractivity contribution is 0.590. The highest BCUT2D eigenvalue weighted by Crippen LogP contribution is 2.37. The molecule has 0 saturated heterocycles. The van der Waals surface area contributed by atoms with E-state index in [0.29, 0.717) is 0 Å². The van der Waals surface area contributed by atoms with Crippen molar-refractivity contribution in [1.82, 2.24) is 0 Å². The Morgan fingerprint density at radius 2 is 1.64 bits per heavy atom. The van der Waals surface area contributed by atoms with Crippen molar-refractivity contribution in [2.45, 2.75) is 39.5 Å². The fourth-order valence-electron chi connectivity index (χ4n) is 3.75. The van der Waals surface area contributed by atoms with E-state index in [9.17, 15) is 0 Å². The standard InChI is InChI=1S/C31H36N2/c1-7-14-24(2)15-13-22-33(6)30-19-12-11-18-29(30)32-28-21-20-26(31(3,4)5)23-27(28)25-16-9-8-10-17-25/h7-14,16-23,32H,2,15H2,1,3-6H3/b14-7-,22-13-. The van der Waals surface area contributed by atoms with Gasteiger partial charge in [0.1, 0.15) is 0 Å². The van der Waals surface area contributed by atoms with E-state index in [1.807, 2.05) is 19.1 Å². The maximum absolute atomic E-state index is 4.08. The number of hydrogen-bond donors (Lipinski definition) is 1. The Morgan fingerprint density at radius 3 is 2.33 bits per heavy atom. The molecule has 0 fully saturated rings. The van der Waals surface area contributed by atoms with Crippen molar-refractivity contribution in [1.29, 1.82) is 0 Å². The first kappa shape index (κ1) is 24.1. The zero-order valence-electron chi connectivity index (χ0n) is 20.6. The van der Waals surface area contributed by atoms with Gasteiger partial charge in [-0.25, -0.2) is 0 Å². The van der Waals surface area contributed by atoms with Crippen LogP contribution in [-0.2, 0) is 5.41 Å². The quantitative estimate of drug-likeness (QED) is 0.355. The summed E-state index contributed by atoms with van der Waals surface area (Å²) in [5.41, 5.74) is 8.20. The summed E-state index contributed by atoms with van der Waals surface area (Å²) in [5.74, 6) is 0. The SMILES string of the molecule is C=C(/C=C\C)C/C=C\N(C)c1ccccc1Nc1ccc(C(C)(C)C)cc1-c1ccccc1. The molecule has 3 rings (SSSR count). The molecule has 2 heteroatoms. The van der Waals surface area contributed by atoms with Gasteiger partial charge in [-0.15, -0.1) is 0 Å². The van der Waals surface area contributed by atoms with Gasteiger partial charge in [0.25, 0.3) is 0 Å². The minimum Gasteiger partial charge on any atom is -0.353 e. The van der Waals surface area contributed by atoms with E-state index >= 15 is 0 Å². The predicted molar refractivity (Wildman–Crippen MR) is 146 cm³/mol. The molecule has 3 aromatic carbocycles. The number of rotatable bonds is 8. The van der Waals surface area contributed by atoms with Gasteiger partial charge in [-0.3, -0.25) is 0 Å². The molecule has 0 heterocycles. The molecule has 0 bridgehead atoms. The summed E-state index contributed by atoms with van der Waals surface area (Å²) in [5, 5.41) is 3.71. The van der Waals surface area contributed by atoms with Gasteiger partial charge in [-0.05, 0) is 54.2 Å². The van der Waals surface area contributed by atoms with Crippen molar-refractivity contribution in [2.75, 3.05) is 17.3 Å². The third kappa shape index (κ3) is 6.49.